The van der Waals surface area contributed by atoms with Crippen molar-refractivity contribution in [3.8, 4) is 66.8 Å². The number of para-hydroxylation sites is 5. The van der Waals surface area contributed by atoms with Gasteiger partial charge in [-0.15, -0.1) is 0 Å². The van der Waals surface area contributed by atoms with Crippen LogP contribution in [0.15, 0.2) is 504 Å². The first-order valence-corrected chi connectivity index (χ1v) is 52.1. The van der Waals surface area contributed by atoms with E-state index >= 15 is 0 Å². The molecule has 21 aromatic rings. The molecule has 27 rings (SSSR count). The second-order valence-corrected chi connectivity index (χ2v) is 40.9. The number of benzene rings is 21. The Morgan fingerprint density at radius 3 is 0.599 bits per heavy atom. The van der Waals surface area contributed by atoms with Crippen molar-refractivity contribution in [3.05, 3.63) is 526 Å². The number of hydrogen-bond acceptors (Lipinski definition) is 6. The van der Waals surface area contributed by atoms with Crippen LogP contribution in [0.2, 0.25) is 0 Å². The molecule has 0 unspecified atom stereocenters. The number of fused-ring (bicyclic) bond motifs is 12. The van der Waals surface area contributed by atoms with Crippen LogP contribution in [0.1, 0.15) is 101 Å². The van der Waals surface area contributed by atoms with Gasteiger partial charge in [-0.2, -0.15) is 0 Å². The molecule has 0 atom stereocenters. The molecular weight excluding hydrogens is 1770 g/mol. The molecule has 9 heteroatoms. The zero-order chi connectivity index (χ0) is 99.0. The van der Waals surface area contributed by atoms with Gasteiger partial charge in [-0.3, -0.25) is 0 Å². The van der Waals surface area contributed by atoms with E-state index in [1.807, 2.05) is 0 Å². The van der Waals surface area contributed by atoms with E-state index in [0.717, 1.165) is 17.1 Å². The first-order chi connectivity index (χ1) is 72.3. The van der Waals surface area contributed by atoms with Crippen molar-refractivity contribution in [2.24, 2.45) is 0 Å². The molecule has 0 aromatic heterocycles. The summed E-state index contributed by atoms with van der Waals surface area (Å²) in [4.78, 5) is 14.8. The highest BCUT2D eigenvalue weighted by Gasteiger charge is 2.48. The van der Waals surface area contributed by atoms with Crippen molar-refractivity contribution in [3.63, 3.8) is 0 Å². The normalized spacial score (nSPS) is 12.9. The van der Waals surface area contributed by atoms with Crippen LogP contribution in [0.4, 0.5) is 102 Å². The fourth-order valence-electron chi connectivity index (χ4n) is 23.5. The molecule has 6 aliphatic rings. The third-order valence-corrected chi connectivity index (χ3v) is 31.0. The van der Waals surface area contributed by atoms with E-state index in [-0.39, 0.29) is 20.1 Å². The van der Waals surface area contributed by atoms with E-state index < -0.39 is 0 Å². The first-order valence-electron chi connectivity index (χ1n) is 52.1. The lowest BCUT2D eigenvalue weighted by molar-refractivity contribution is 0.866. The Bertz CT molecular complexity index is 8470. The molecule has 6 aliphatic heterocycles. The second-order valence-electron chi connectivity index (χ2n) is 40.9. The summed E-state index contributed by atoms with van der Waals surface area (Å²) in [6.45, 7) is 18.3. The molecule has 0 fully saturated rings. The van der Waals surface area contributed by atoms with E-state index in [0.29, 0.717) is 23.7 Å². The molecule has 0 bridgehead atoms. The average Bonchev–Trinajstić information content (AvgIpc) is 0.706. The summed E-state index contributed by atoms with van der Waals surface area (Å²) in [6, 6.07) is 186. The second kappa shape index (κ2) is 38.4. The molecule has 702 valence electrons. The molecule has 6 nitrogen and oxygen atoms in total. The number of hydrogen-bond donors (Lipinski definition) is 0. The molecule has 0 saturated heterocycles. The molecule has 0 spiro atoms. The van der Waals surface area contributed by atoms with Crippen molar-refractivity contribution in [1.29, 1.82) is 0 Å². The fourth-order valence-corrected chi connectivity index (χ4v) is 23.5. The topological polar surface area (TPSA) is 19.4 Å². The maximum absolute atomic E-state index is 2.50. The van der Waals surface area contributed by atoms with Crippen LogP contribution in [-0.4, -0.2) is 20.1 Å². The lowest BCUT2D eigenvalue weighted by atomic mass is 9.33. The fraction of sp³-hybridized carbons (Fsp3) is 0.0870. The molecule has 0 N–H and O–H groups in total. The standard InChI is InChI=1S/C51H47BN2.C45H35BN2.C42H29BN2/c1-33(2)36-14-18-39(19-15-36)40-24-29-44(30-25-40)54-48-31-26-42(41-20-16-37(17-21-41)34(3)4)32-46(48)52-45-10-7-8-11-47(45)53(49-12-9-13-50(54)51(49)52)43-27-22-38(23-28-43)35(5)6;1-31(2)32-20-22-35(23-21-32)36-26-29-42-40(30-36)46-39-16-9-10-17-41(39)47(37-14-7-4-8-15-37)43-18-11-19-44(45(43)46)48(42)38-27-24-34(25-28-38)33-12-5-3-6-13-33;1-4-14-30(15-5-1)32-18-12-21-35(28-32)45-39-27-26-33(31-16-6-2-7-17-31)29-37(39)43-36-22-10-11-23-38(36)44(34-19-8-3-9-20-34)40-24-13-25-41(45)42(40)43/h7-35H,1-6H3;3-31H,1-2H3;1-29H. The van der Waals surface area contributed by atoms with Gasteiger partial charge < -0.3 is 29.4 Å². The van der Waals surface area contributed by atoms with Gasteiger partial charge in [0.05, 0.1) is 0 Å². The Labute approximate surface area is 866 Å². The van der Waals surface area contributed by atoms with Crippen LogP contribution >= 0.6 is 0 Å². The maximum Gasteiger partial charge on any atom is 0.252 e. The minimum atomic E-state index is 0.0819. The largest absolute Gasteiger partial charge is 0.311 e. The molecule has 147 heavy (non-hydrogen) atoms. The third-order valence-electron chi connectivity index (χ3n) is 31.0. The van der Waals surface area contributed by atoms with E-state index in [1.165, 1.54) is 223 Å². The van der Waals surface area contributed by atoms with Crippen LogP contribution in [0.3, 0.4) is 0 Å². The Balaban J connectivity index is 0.000000115. The molecular formula is C138H111B3N6. The summed E-state index contributed by atoms with van der Waals surface area (Å²) in [5, 5.41) is 0. The van der Waals surface area contributed by atoms with Gasteiger partial charge in [-0.05, 0) is 307 Å². The predicted octanol–water partition coefficient (Wildman–Crippen LogP) is 31.8. The number of anilines is 18. The van der Waals surface area contributed by atoms with Gasteiger partial charge >= 0.3 is 0 Å². The Morgan fingerprint density at radius 1 is 0.129 bits per heavy atom. The Hall–Kier alpha value is -17.4. The Kier molecular flexibility index (Phi) is 23.7. The minimum absolute atomic E-state index is 0.0819. The van der Waals surface area contributed by atoms with Gasteiger partial charge in [0.1, 0.15) is 0 Å². The lowest BCUT2D eigenvalue weighted by Gasteiger charge is -2.44. The zero-order valence-corrected chi connectivity index (χ0v) is 84.1. The summed E-state index contributed by atoms with van der Waals surface area (Å²) < 4.78 is 0. The maximum atomic E-state index is 2.50. The summed E-state index contributed by atoms with van der Waals surface area (Å²) in [5.74, 6) is 2.00. The molecule has 0 aliphatic carbocycles. The highest BCUT2D eigenvalue weighted by Crippen LogP contribution is 2.51. The predicted molar refractivity (Wildman–Crippen MR) is 630 cm³/mol. The van der Waals surface area contributed by atoms with E-state index in [9.17, 15) is 0 Å². The van der Waals surface area contributed by atoms with Gasteiger partial charge in [-0.25, -0.2) is 0 Å². The summed E-state index contributed by atoms with van der Waals surface area (Å²) in [5.41, 5.74) is 53.9. The van der Waals surface area contributed by atoms with Crippen molar-refractivity contribution >= 4 is 172 Å². The van der Waals surface area contributed by atoms with Crippen LogP contribution in [0.25, 0.3) is 66.8 Å². The highest BCUT2D eigenvalue weighted by molar-refractivity contribution is 7.02. The van der Waals surface area contributed by atoms with Crippen molar-refractivity contribution < 1.29 is 0 Å². The zero-order valence-electron chi connectivity index (χ0n) is 84.1. The molecule has 21 aromatic carbocycles. The highest BCUT2D eigenvalue weighted by atomic mass is 15.2. The third kappa shape index (κ3) is 16.4. The van der Waals surface area contributed by atoms with Crippen molar-refractivity contribution in [2.45, 2.75) is 79.1 Å². The van der Waals surface area contributed by atoms with Crippen LogP contribution in [0.5, 0.6) is 0 Å². The smallest absolute Gasteiger partial charge is 0.252 e. The minimum Gasteiger partial charge on any atom is -0.311 e. The van der Waals surface area contributed by atoms with Crippen molar-refractivity contribution in [1.82, 2.24) is 0 Å². The van der Waals surface area contributed by atoms with E-state index in [4.69, 9.17) is 0 Å². The molecule has 0 radical (unpaired) electrons. The molecule has 0 saturated carbocycles. The van der Waals surface area contributed by atoms with Crippen LogP contribution < -0.4 is 78.6 Å². The van der Waals surface area contributed by atoms with E-state index in [1.54, 1.807) is 0 Å². The number of rotatable bonds is 16. The average molecular weight is 1890 g/mol. The Morgan fingerprint density at radius 2 is 0.306 bits per heavy atom. The monoisotopic (exact) mass is 1880 g/mol. The molecule has 6 heterocycles. The summed E-state index contributed by atoms with van der Waals surface area (Å²) >= 11 is 0. The summed E-state index contributed by atoms with van der Waals surface area (Å²) in [7, 11) is 0. The van der Waals surface area contributed by atoms with Gasteiger partial charge in [0.25, 0.3) is 20.1 Å². The lowest BCUT2D eigenvalue weighted by Crippen LogP contribution is -2.61. The van der Waals surface area contributed by atoms with Gasteiger partial charge in [0, 0.05) is 102 Å². The van der Waals surface area contributed by atoms with E-state index in [2.05, 4.69) is 588 Å². The first kappa shape index (κ1) is 90.9. The number of nitrogens with zero attached hydrogens (tertiary/aromatic N) is 6. The van der Waals surface area contributed by atoms with Gasteiger partial charge in [0.15, 0.2) is 0 Å². The van der Waals surface area contributed by atoms with Crippen LogP contribution in [0, 0.1) is 0 Å². The van der Waals surface area contributed by atoms with Gasteiger partial charge in [0.2, 0.25) is 0 Å². The summed E-state index contributed by atoms with van der Waals surface area (Å²) in [6.07, 6.45) is 0. The van der Waals surface area contributed by atoms with Gasteiger partial charge in [-0.1, -0.05) is 413 Å². The van der Waals surface area contributed by atoms with Crippen molar-refractivity contribution in [2.75, 3.05) is 29.4 Å². The SMILES string of the molecule is CC(C)c1ccc(-c2ccc(N3c4ccc(-c5ccc(C(C)C)cc5)cc4B4c5ccccc5N(c5ccc(C(C)C)cc5)c5cccc3c54)cc2)cc1.CC(C)c1ccc(-c2ccc3c(c2)B2c4ccccc4N(c4ccccc4)c4cccc(c42)N3c2ccc(-c3ccccc3)cc2)cc1.c1ccc(-c2cccc(N3c4ccc(-c5ccccc5)cc4B4c5ccccc5N(c5ccccc5)c5cccc3c54)c2)cc1. The van der Waals surface area contributed by atoms with Crippen LogP contribution in [-0.2, 0) is 0 Å². The molecule has 0 amide bonds. The quantitative estimate of drug-likeness (QED) is 0.0892.